The molecule has 0 spiro atoms. The molecule has 3 rings (SSSR count). The van der Waals surface area contributed by atoms with Gasteiger partial charge in [-0.1, -0.05) is 18.2 Å². The fourth-order valence-corrected chi connectivity index (χ4v) is 2.65. The molecule has 0 aromatic heterocycles. The minimum Gasteiger partial charge on any atom is -0.457 e. The molecule has 0 fully saturated rings. The smallest absolute Gasteiger partial charge is 0.338 e. The topological polar surface area (TPSA) is 165 Å². The van der Waals surface area contributed by atoms with Crippen LogP contribution in [0.4, 0.5) is 17.1 Å². The van der Waals surface area contributed by atoms with Crippen molar-refractivity contribution < 1.29 is 29.0 Å². The van der Waals surface area contributed by atoms with Crippen molar-refractivity contribution >= 4 is 23.0 Å². The van der Waals surface area contributed by atoms with Crippen LogP contribution < -0.4 is 4.74 Å². The molecule has 0 saturated carbocycles. The third-order valence-corrected chi connectivity index (χ3v) is 4.14. The van der Waals surface area contributed by atoms with Gasteiger partial charge in [0.1, 0.15) is 12.4 Å². The molecule has 0 aliphatic rings. The van der Waals surface area contributed by atoms with E-state index in [-0.39, 0.29) is 29.4 Å². The van der Waals surface area contributed by atoms with Crippen molar-refractivity contribution in [3.05, 3.63) is 108 Å². The fraction of sp³-hybridized carbons (Fsp3) is 0.0500. The second-order valence-corrected chi connectivity index (χ2v) is 6.30. The first kappa shape index (κ1) is 21.8. The molecule has 0 heterocycles. The van der Waals surface area contributed by atoms with Gasteiger partial charge in [-0.15, -0.1) is 0 Å². The minimum absolute atomic E-state index is 0.0618. The molecule has 0 aliphatic carbocycles. The third-order valence-electron chi connectivity index (χ3n) is 4.14. The van der Waals surface area contributed by atoms with Gasteiger partial charge < -0.3 is 9.47 Å². The molecule has 0 bridgehead atoms. The lowest BCUT2D eigenvalue weighted by Gasteiger charge is -2.09. The Labute approximate surface area is 179 Å². The quantitative estimate of drug-likeness (QED) is 0.278. The van der Waals surface area contributed by atoms with E-state index >= 15 is 0 Å². The summed E-state index contributed by atoms with van der Waals surface area (Å²) in [5.74, 6) is -0.936. The van der Waals surface area contributed by atoms with Crippen LogP contribution >= 0.6 is 0 Å². The summed E-state index contributed by atoms with van der Waals surface area (Å²) < 4.78 is 10.6. The highest BCUT2D eigenvalue weighted by atomic mass is 16.6. The lowest BCUT2D eigenvalue weighted by Crippen LogP contribution is -2.05. The monoisotopic (exact) mass is 439 g/mol. The normalized spacial score (nSPS) is 10.2. The number of non-ortho nitro benzene ring substituents is 2. The van der Waals surface area contributed by atoms with Crippen LogP contribution in [0.2, 0.25) is 0 Å². The maximum atomic E-state index is 12.3. The van der Waals surface area contributed by atoms with E-state index in [9.17, 15) is 35.1 Å². The molecule has 12 heteroatoms. The Balaban J connectivity index is 1.75. The zero-order valence-corrected chi connectivity index (χ0v) is 16.1. The largest absolute Gasteiger partial charge is 0.457 e. The first-order chi connectivity index (χ1) is 15.2. The van der Waals surface area contributed by atoms with Crippen LogP contribution in [0.1, 0.15) is 15.9 Å². The van der Waals surface area contributed by atoms with Crippen LogP contribution in [0, 0.1) is 30.3 Å². The molecule has 0 unspecified atom stereocenters. The lowest BCUT2D eigenvalue weighted by atomic mass is 10.2. The molecular formula is C20H13N3O9. The molecule has 0 aliphatic heterocycles. The van der Waals surface area contributed by atoms with Crippen molar-refractivity contribution in [2.75, 3.05) is 0 Å². The highest BCUT2D eigenvalue weighted by Crippen LogP contribution is 2.34. The molecule has 162 valence electrons. The number of rotatable bonds is 8. The SMILES string of the molecule is O=C(OCc1cccc([N+](=O)[O-])c1)c1cccc(Oc2ccc([N+](=O)[O-])cc2[N+](=O)[O-])c1. The van der Waals surface area contributed by atoms with Gasteiger partial charge in [-0.3, -0.25) is 30.3 Å². The lowest BCUT2D eigenvalue weighted by molar-refractivity contribution is -0.394. The molecular weight excluding hydrogens is 426 g/mol. The summed E-state index contributed by atoms with van der Waals surface area (Å²) in [4.78, 5) is 43.1. The number of nitro benzene ring substituents is 3. The number of ether oxygens (including phenoxy) is 2. The number of esters is 1. The second-order valence-electron chi connectivity index (χ2n) is 6.30. The van der Waals surface area contributed by atoms with Crippen LogP contribution in [0.15, 0.2) is 66.7 Å². The predicted molar refractivity (Wildman–Crippen MR) is 108 cm³/mol. The number of nitro groups is 3. The number of hydrogen-bond acceptors (Lipinski definition) is 9. The minimum atomic E-state index is -0.820. The molecule has 0 radical (unpaired) electrons. The summed E-state index contributed by atoms with van der Waals surface area (Å²) in [5, 5.41) is 32.9. The second kappa shape index (κ2) is 9.30. The van der Waals surface area contributed by atoms with E-state index in [1.807, 2.05) is 0 Å². The molecule has 0 saturated heterocycles. The van der Waals surface area contributed by atoms with Crippen molar-refractivity contribution in [2.45, 2.75) is 6.61 Å². The molecule has 0 amide bonds. The average molecular weight is 439 g/mol. The Morgan fingerprint density at radius 2 is 1.47 bits per heavy atom. The van der Waals surface area contributed by atoms with Crippen LogP contribution in [-0.2, 0) is 11.3 Å². The maximum absolute atomic E-state index is 12.3. The van der Waals surface area contributed by atoms with Gasteiger partial charge in [0.05, 0.1) is 26.4 Å². The Kier molecular flexibility index (Phi) is 6.34. The predicted octanol–water partition coefficient (Wildman–Crippen LogP) is 4.56. The van der Waals surface area contributed by atoms with Gasteiger partial charge in [0.2, 0.25) is 5.75 Å². The fourth-order valence-electron chi connectivity index (χ4n) is 2.65. The molecule has 12 nitrogen and oxygen atoms in total. The number of hydrogen-bond donors (Lipinski definition) is 0. The van der Waals surface area contributed by atoms with Gasteiger partial charge in [-0.2, -0.15) is 0 Å². The van der Waals surface area contributed by atoms with Crippen LogP contribution in [0.5, 0.6) is 11.5 Å². The maximum Gasteiger partial charge on any atom is 0.338 e. The van der Waals surface area contributed by atoms with Crippen molar-refractivity contribution in [1.82, 2.24) is 0 Å². The number of carbonyl (C=O) groups excluding carboxylic acids is 1. The number of benzene rings is 3. The Hall–Kier alpha value is -4.87. The van der Waals surface area contributed by atoms with Crippen molar-refractivity contribution in [3.63, 3.8) is 0 Å². The van der Waals surface area contributed by atoms with Crippen LogP contribution in [0.3, 0.4) is 0 Å². The Morgan fingerprint density at radius 1 is 0.781 bits per heavy atom. The third kappa shape index (κ3) is 5.18. The van der Waals surface area contributed by atoms with Gasteiger partial charge in [0.25, 0.3) is 11.4 Å². The first-order valence-electron chi connectivity index (χ1n) is 8.86. The van der Waals surface area contributed by atoms with Gasteiger partial charge in [-0.25, -0.2) is 4.79 Å². The van der Waals surface area contributed by atoms with E-state index in [2.05, 4.69) is 0 Å². The van der Waals surface area contributed by atoms with E-state index in [0.717, 1.165) is 18.2 Å². The van der Waals surface area contributed by atoms with E-state index < -0.39 is 32.1 Å². The summed E-state index contributed by atoms with van der Waals surface area (Å²) >= 11 is 0. The van der Waals surface area contributed by atoms with E-state index in [0.29, 0.717) is 5.56 Å². The summed E-state index contributed by atoms with van der Waals surface area (Å²) in [5.41, 5.74) is -0.738. The van der Waals surface area contributed by atoms with Crippen molar-refractivity contribution in [2.24, 2.45) is 0 Å². The summed E-state index contributed by atoms with van der Waals surface area (Å²) in [7, 11) is 0. The van der Waals surface area contributed by atoms with Gasteiger partial charge in [-0.05, 0) is 29.8 Å². The highest BCUT2D eigenvalue weighted by Gasteiger charge is 2.21. The van der Waals surface area contributed by atoms with Crippen LogP contribution in [-0.4, -0.2) is 20.7 Å². The zero-order valence-electron chi connectivity index (χ0n) is 16.1. The highest BCUT2D eigenvalue weighted by molar-refractivity contribution is 5.89. The molecule has 32 heavy (non-hydrogen) atoms. The van der Waals surface area contributed by atoms with Crippen LogP contribution in [0.25, 0.3) is 0 Å². The molecule has 3 aromatic carbocycles. The van der Waals surface area contributed by atoms with Crippen molar-refractivity contribution in [3.8, 4) is 11.5 Å². The van der Waals surface area contributed by atoms with Gasteiger partial charge >= 0.3 is 11.7 Å². The molecule has 0 atom stereocenters. The summed E-state index contributed by atoms with van der Waals surface area (Å²) in [6, 6.07) is 14.1. The first-order valence-corrected chi connectivity index (χ1v) is 8.86. The van der Waals surface area contributed by atoms with E-state index in [4.69, 9.17) is 9.47 Å². The van der Waals surface area contributed by atoms with Gasteiger partial charge in [0, 0.05) is 18.2 Å². The zero-order chi connectivity index (χ0) is 23.3. The number of nitrogens with zero attached hydrogens (tertiary/aromatic N) is 3. The van der Waals surface area contributed by atoms with Crippen molar-refractivity contribution in [1.29, 1.82) is 0 Å². The Morgan fingerprint density at radius 3 is 2.16 bits per heavy atom. The summed E-state index contributed by atoms with van der Waals surface area (Å²) in [6.07, 6.45) is 0. The van der Waals surface area contributed by atoms with Gasteiger partial charge in [0.15, 0.2) is 0 Å². The van der Waals surface area contributed by atoms with E-state index in [1.54, 1.807) is 6.07 Å². The summed E-state index contributed by atoms with van der Waals surface area (Å²) in [6.45, 7) is -0.209. The van der Waals surface area contributed by atoms with E-state index in [1.165, 1.54) is 42.5 Å². The molecule has 0 N–H and O–H groups in total. The average Bonchev–Trinajstić information content (AvgIpc) is 2.77. The Bertz CT molecular complexity index is 1230. The number of carbonyl (C=O) groups is 1. The standard InChI is InChI=1S/C20H13N3O9/c24-20(31-12-13-3-1-5-15(9-13)21(25)26)14-4-2-6-17(10-14)32-19-8-7-16(22(27)28)11-18(19)23(29)30/h1-11H,12H2. The molecule has 3 aromatic rings.